The zero-order valence-electron chi connectivity index (χ0n) is 18.9. The Morgan fingerprint density at radius 2 is 2.03 bits per heavy atom. The molecule has 9 heteroatoms. The molecule has 172 valence electrons. The van der Waals surface area contributed by atoms with E-state index in [-0.39, 0.29) is 6.09 Å². The Morgan fingerprint density at radius 1 is 1.22 bits per heavy atom. The molecule has 1 saturated carbocycles. The van der Waals surface area contributed by atoms with Crippen LogP contribution >= 0.6 is 0 Å². The van der Waals surface area contributed by atoms with Gasteiger partial charge in [0, 0.05) is 69.2 Å². The van der Waals surface area contributed by atoms with E-state index < -0.39 is 0 Å². The third kappa shape index (κ3) is 3.90. The molecule has 1 amide bonds. The largest absolute Gasteiger partial charge is 0.480 e. The van der Waals surface area contributed by atoms with Gasteiger partial charge in [0.2, 0.25) is 5.88 Å². The van der Waals surface area contributed by atoms with E-state index in [0.717, 1.165) is 50.8 Å². The molecule has 32 heavy (non-hydrogen) atoms. The lowest BCUT2D eigenvalue weighted by atomic mass is 9.78. The summed E-state index contributed by atoms with van der Waals surface area (Å²) in [5, 5.41) is 4.47. The predicted octanol–water partition coefficient (Wildman–Crippen LogP) is 2.41. The minimum absolute atomic E-state index is 0.156. The summed E-state index contributed by atoms with van der Waals surface area (Å²) >= 11 is 0. The molecule has 0 aromatic carbocycles. The summed E-state index contributed by atoms with van der Waals surface area (Å²) in [5.74, 6) is 1.56. The van der Waals surface area contributed by atoms with Crippen molar-refractivity contribution >= 4 is 11.9 Å². The van der Waals surface area contributed by atoms with Crippen LogP contribution < -0.4 is 9.64 Å². The van der Waals surface area contributed by atoms with Gasteiger partial charge in [-0.1, -0.05) is 0 Å². The van der Waals surface area contributed by atoms with Crippen LogP contribution in [-0.2, 0) is 4.74 Å². The van der Waals surface area contributed by atoms with Crippen LogP contribution in [0.3, 0.4) is 0 Å². The highest BCUT2D eigenvalue weighted by Crippen LogP contribution is 2.47. The number of rotatable bonds is 5. The second-order valence-electron chi connectivity index (χ2n) is 9.12. The maximum atomic E-state index is 11.9. The molecule has 3 aliphatic rings. The van der Waals surface area contributed by atoms with Gasteiger partial charge in [-0.05, 0) is 38.3 Å². The first-order valence-electron chi connectivity index (χ1n) is 11.6. The maximum absolute atomic E-state index is 11.9. The second kappa shape index (κ2) is 8.61. The summed E-state index contributed by atoms with van der Waals surface area (Å²) in [6, 6.07) is 6.46. The molecule has 0 radical (unpaired) electrons. The Bertz CT molecular complexity index is 949. The van der Waals surface area contributed by atoms with E-state index in [1.54, 1.807) is 7.11 Å². The highest BCUT2D eigenvalue weighted by molar-refractivity contribution is 5.69. The van der Waals surface area contributed by atoms with E-state index in [0.29, 0.717) is 23.9 Å². The van der Waals surface area contributed by atoms with Crippen molar-refractivity contribution in [1.82, 2.24) is 24.6 Å². The normalized spacial score (nSPS) is 22.8. The number of piperazine rings is 1. The number of methoxy groups -OCH3 is 1. The molecule has 5 rings (SSSR count). The van der Waals surface area contributed by atoms with Crippen molar-refractivity contribution in [2.24, 2.45) is 5.41 Å². The molecule has 4 heterocycles. The Kier molecular flexibility index (Phi) is 5.67. The molecule has 2 aromatic rings. The smallest absolute Gasteiger partial charge is 0.409 e. The third-order valence-electron chi connectivity index (χ3n) is 7.17. The Hall–Kier alpha value is -2.81. The zero-order chi connectivity index (χ0) is 22.1. The highest BCUT2D eigenvalue weighted by atomic mass is 16.6. The van der Waals surface area contributed by atoms with E-state index in [1.807, 2.05) is 47.1 Å². The van der Waals surface area contributed by atoms with Crippen LogP contribution in [0, 0.1) is 5.41 Å². The fraction of sp³-hybridized carbons (Fsp3) is 0.609. The van der Waals surface area contributed by atoms with Gasteiger partial charge in [-0.25, -0.2) is 14.5 Å². The number of amides is 1. The minimum atomic E-state index is -0.156. The van der Waals surface area contributed by atoms with Crippen molar-refractivity contribution in [3.8, 4) is 11.6 Å². The molecule has 2 aliphatic heterocycles. The number of likely N-dealkylation sites (tertiary alicyclic amines) is 1. The van der Waals surface area contributed by atoms with Gasteiger partial charge in [0.1, 0.15) is 5.69 Å². The van der Waals surface area contributed by atoms with E-state index in [4.69, 9.17) is 9.47 Å². The fourth-order valence-electron chi connectivity index (χ4n) is 5.54. The first-order chi connectivity index (χ1) is 15.6. The van der Waals surface area contributed by atoms with Crippen molar-refractivity contribution in [3.05, 3.63) is 30.6 Å². The standard InChI is InChI=1S/C23H32N6O3/c1-3-32-22(30)28-16-23(17-28)8-6-18(15-23)26-11-13-27(14-12-26)21-19(5-4-9-24-21)29-10-7-20(25-29)31-2/h4-5,7,9-10,18H,3,6,8,11-17H2,1-2H3/t18-/m1/s1. The first kappa shape index (κ1) is 21.1. The van der Waals surface area contributed by atoms with Gasteiger partial charge < -0.3 is 19.3 Å². The molecule has 1 aliphatic carbocycles. The van der Waals surface area contributed by atoms with Crippen LogP contribution in [0.2, 0.25) is 0 Å². The van der Waals surface area contributed by atoms with Crippen LogP contribution in [-0.4, -0.2) is 89.7 Å². The predicted molar refractivity (Wildman–Crippen MR) is 120 cm³/mol. The van der Waals surface area contributed by atoms with Gasteiger partial charge >= 0.3 is 6.09 Å². The third-order valence-corrected chi connectivity index (χ3v) is 7.17. The summed E-state index contributed by atoms with van der Waals surface area (Å²) in [4.78, 5) is 23.5. The molecular formula is C23H32N6O3. The monoisotopic (exact) mass is 440 g/mol. The molecule has 1 atom stereocenters. The van der Waals surface area contributed by atoms with E-state index in [2.05, 4.69) is 19.9 Å². The van der Waals surface area contributed by atoms with Crippen molar-refractivity contribution in [3.63, 3.8) is 0 Å². The van der Waals surface area contributed by atoms with Crippen molar-refractivity contribution in [1.29, 1.82) is 0 Å². The van der Waals surface area contributed by atoms with Gasteiger partial charge in [0.05, 0.1) is 13.7 Å². The first-order valence-corrected chi connectivity index (χ1v) is 11.6. The molecule has 1 spiro atoms. The summed E-state index contributed by atoms with van der Waals surface area (Å²) in [7, 11) is 1.63. The SMILES string of the molecule is CCOC(=O)N1CC2(CC[C@@H](N3CCN(c4ncccc4-n4ccc(OC)n4)CC3)C2)C1. The number of carbonyl (C=O) groups is 1. The van der Waals surface area contributed by atoms with Crippen LogP contribution in [0.4, 0.5) is 10.6 Å². The summed E-state index contributed by atoms with van der Waals surface area (Å²) in [6.45, 7) is 7.96. The molecule has 9 nitrogen and oxygen atoms in total. The van der Waals surface area contributed by atoms with Crippen molar-refractivity contribution in [2.75, 3.05) is 57.9 Å². The van der Waals surface area contributed by atoms with Crippen LogP contribution in [0.5, 0.6) is 5.88 Å². The number of pyridine rings is 1. The highest BCUT2D eigenvalue weighted by Gasteiger charge is 2.51. The topological polar surface area (TPSA) is 76.0 Å². The Balaban J connectivity index is 1.18. The van der Waals surface area contributed by atoms with Gasteiger partial charge in [0.15, 0.2) is 5.82 Å². The molecule has 0 unspecified atom stereocenters. The quantitative estimate of drug-likeness (QED) is 0.707. The van der Waals surface area contributed by atoms with E-state index >= 15 is 0 Å². The summed E-state index contributed by atoms with van der Waals surface area (Å²) in [5.41, 5.74) is 1.28. The van der Waals surface area contributed by atoms with Crippen LogP contribution in [0.25, 0.3) is 5.69 Å². The Morgan fingerprint density at radius 3 is 2.75 bits per heavy atom. The maximum Gasteiger partial charge on any atom is 0.409 e. The average molecular weight is 441 g/mol. The lowest BCUT2D eigenvalue weighted by Gasteiger charge is -2.48. The number of anilines is 1. The van der Waals surface area contributed by atoms with Gasteiger partial charge in [-0.2, -0.15) is 0 Å². The molecule has 2 saturated heterocycles. The lowest BCUT2D eigenvalue weighted by Crippen LogP contribution is -2.58. The second-order valence-corrected chi connectivity index (χ2v) is 9.12. The molecule has 3 fully saturated rings. The van der Waals surface area contributed by atoms with Crippen molar-refractivity contribution < 1.29 is 14.3 Å². The van der Waals surface area contributed by atoms with Gasteiger partial charge in [0.25, 0.3) is 0 Å². The number of hydrogen-bond acceptors (Lipinski definition) is 7. The zero-order valence-corrected chi connectivity index (χ0v) is 18.9. The molecule has 0 bridgehead atoms. The fourth-order valence-corrected chi connectivity index (χ4v) is 5.54. The van der Waals surface area contributed by atoms with Crippen LogP contribution in [0.15, 0.2) is 30.6 Å². The van der Waals surface area contributed by atoms with Crippen molar-refractivity contribution in [2.45, 2.75) is 32.2 Å². The number of carbonyl (C=O) groups excluding carboxylic acids is 1. The van der Waals surface area contributed by atoms with E-state index in [9.17, 15) is 4.79 Å². The number of hydrogen-bond donors (Lipinski definition) is 0. The number of ether oxygens (including phenoxy) is 2. The molecule has 0 N–H and O–H groups in total. The summed E-state index contributed by atoms with van der Waals surface area (Å²) in [6.07, 6.45) is 7.21. The number of aromatic nitrogens is 3. The summed E-state index contributed by atoms with van der Waals surface area (Å²) < 4.78 is 12.2. The average Bonchev–Trinajstić information content (AvgIpc) is 3.46. The molecule has 2 aromatic heterocycles. The van der Waals surface area contributed by atoms with Crippen LogP contribution in [0.1, 0.15) is 26.2 Å². The lowest BCUT2D eigenvalue weighted by molar-refractivity contribution is -0.00294. The minimum Gasteiger partial charge on any atom is -0.480 e. The van der Waals surface area contributed by atoms with Gasteiger partial charge in [-0.3, -0.25) is 4.90 Å². The Labute approximate surface area is 188 Å². The van der Waals surface area contributed by atoms with E-state index in [1.165, 1.54) is 19.3 Å². The molecular weight excluding hydrogens is 408 g/mol. The number of nitrogens with zero attached hydrogens (tertiary/aromatic N) is 6. The van der Waals surface area contributed by atoms with Gasteiger partial charge in [-0.15, -0.1) is 5.10 Å².